The number of hydrogen-bond acceptors (Lipinski definition) is 3. The maximum Gasteiger partial charge on any atom is 0.0641 e. The predicted molar refractivity (Wildman–Crippen MR) is 145 cm³/mol. The second kappa shape index (κ2) is 14.6. The van der Waals surface area contributed by atoms with E-state index in [-0.39, 0.29) is 0 Å². The zero-order valence-corrected chi connectivity index (χ0v) is 23.4. The average Bonchev–Trinajstić information content (AvgIpc) is 3.36. The molecule has 0 atom stereocenters. The van der Waals surface area contributed by atoms with Crippen LogP contribution in [0, 0.1) is 19.3 Å². The zero-order valence-electron chi connectivity index (χ0n) is 23.4. The van der Waals surface area contributed by atoms with Gasteiger partial charge in [-0.05, 0) is 76.2 Å². The fourth-order valence-corrected chi connectivity index (χ4v) is 5.12. The normalized spacial score (nSPS) is 17.5. The summed E-state index contributed by atoms with van der Waals surface area (Å²) in [5, 5.41) is 7.71. The molecule has 0 radical (unpaired) electrons. The molecule has 1 fully saturated rings. The van der Waals surface area contributed by atoms with Crippen LogP contribution < -0.4 is 5.32 Å². The fraction of sp³-hybridized carbons (Fsp3) is 0.690. The van der Waals surface area contributed by atoms with Gasteiger partial charge in [-0.2, -0.15) is 5.10 Å². The standard InChI is InChI=1S/C15H21N.C8H13N3.3C2H6/c1-12-3-4-13-10-15(11-14(13)9-12)5-7-16(2)8-6-15;1-6-7-5-9-4-3-8(7)11(2)10-6;3*1-2/h3-4,9H,5-8,10-11H2,1-2H3;9H,3-5H2,1-2H3;3*1-2H3. The van der Waals surface area contributed by atoms with Crippen molar-refractivity contribution < 1.29 is 0 Å². The van der Waals surface area contributed by atoms with E-state index in [0.29, 0.717) is 5.41 Å². The van der Waals surface area contributed by atoms with E-state index in [1.165, 1.54) is 61.3 Å². The third kappa shape index (κ3) is 7.68. The van der Waals surface area contributed by atoms with E-state index in [9.17, 15) is 0 Å². The topological polar surface area (TPSA) is 33.1 Å². The number of aryl methyl sites for hydroxylation is 3. The average molecular weight is 457 g/mol. The molecule has 3 aliphatic rings. The van der Waals surface area contributed by atoms with E-state index in [4.69, 9.17) is 0 Å². The van der Waals surface area contributed by atoms with E-state index < -0.39 is 0 Å². The number of aromatic nitrogens is 2. The van der Waals surface area contributed by atoms with Gasteiger partial charge >= 0.3 is 0 Å². The number of piperidine rings is 1. The van der Waals surface area contributed by atoms with Crippen LogP contribution in [0.25, 0.3) is 0 Å². The maximum atomic E-state index is 4.37. The summed E-state index contributed by atoms with van der Waals surface area (Å²) in [5.41, 5.74) is 9.26. The molecule has 33 heavy (non-hydrogen) atoms. The smallest absolute Gasteiger partial charge is 0.0641 e. The SMILES string of the molecule is CC.CC.CC.Cc1ccc2c(c1)CC1(CCN(C)CC1)C2.Cc1nn(C)c2c1CNCC2. The van der Waals surface area contributed by atoms with Gasteiger partial charge in [0, 0.05) is 37.8 Å². The Morgan fingerprint density at radius 3 is 2.09 bits per heavy atom. The van der Waals surface area contributed by atoms with E-state index in [0.717, 1.165) is 19.5 Å². The van der Waals surface area contributed by atoms with Gasteiger partial charge in [0.2, 0.25) is 0 Å². The highest BCUT2D eigenvalue weighted by Gasteiger charge is 2.38. The lowest BCUT2D eigenvalue weighted by Crippen LogP contribution is -2.38. The quantitative estimate of drug-likeness (QED) is 0.508. The number of hydrogen-bond donors (Lipinski definition) is 1. The highest BCUT2D eigenvalue weighted by Crippen LogP contribution is 2.44. The lowest BCUT2D eigenvalue weighted by atomic mass is 9.76. The van der Waals surface area contributed by atoms with Crippen molar-refractivity contribution >= 4 is 0 Å². The lowest BCUT2D eigenvalue weighted by molar-refractivity contribution is 0.131. The van der Waals surface area contributed by atoms with Crippen molar-refractivity contribution in [2.45, 2.75) is 94.0 Å². The van der Waals surface area contributed by atoms with Crippen molar-refractivity contribution in [3.8, 4) is 0 Å². The van der Waals surface area contributed by atoms with Crippen LogP contribution in [0.3, 0.4) is 0 Å². The first-order valence-corrected chi connectivity index (χ1v) is 13.4. The fourth-order valence-electron chi connectivity index (χ4n) is 5.12. The van der Waals surface area contributed by atoms with Crippen molar-refractivity contribution in [2.24, 2.45) is 12.5 Å². The number of rotatable bonds is 0. The summed E-state index contributed by atoms with van der Waals surface area (Å²) in [6.45, 7) is 20.9. The van der Waals surface area contributed by atoms with Gasteiger partial charge in [-0.3, -0.25) is 4.68 Å². The van der Waals surface area contributed by atoms with Crippen LogP contribution >= 0.6 is 0 Å². The molecule has 5 rings (SSSR count). The van der Waals surface area contributed by atoms with Crippen LogP contribution in [0.1, 0.15) is 88.0 Å². The summed E-state index contributed by atoms with van der Waals surface area (Å²) in [4.78, 5) is 2.47. The van der Waals surface area contributed by atoms with Gasteiger partial charge in [0.1, 0.15) is 0 Å². The van der Waals surface area contributed by atoms with Crippen LogP contribution in [0.5, 0.6) is 0 Å². The second-order valence-electron chi connectivity index (χ2n) is 8.99. The first-order chi connectivity index (χ1) is 16.0. The first-order valence-electron chi connectivity index (χ1n) is 13.4. The molecule has 1 spiro atoms. The molecule has 1 aliphatic carbocycles. The minimum atomic E-state index is 0.614. The second-order valence-corrected chi connectivity index (χ2v) is 8.99. The van der Waals surface area contributed by atoms with Gasteiger partial charge in [-0.25, -0.2) is 0 Å². The zero-order chi connectivity index (χ0) is 25.0. The van der Waals surface area contributed by atoms with Gasteiger partial charge in [-0.1, -0.05) is 65.3 Å². The summed E-state index contributed by atoms with van der Waals surface area (Å²) < 4.78 is 2.01. The van der Waals surface area contributed by atoms with Gasteiger partial charge in [0.05, 0.1) is 5.69 Å². The summed E-state index contributed by atoms with van der Waals surface area (Å²) in [7, 11) is 4.27. The van der Waals surface area contributed by atoms with Crippen molar-refractivity contribution in [3.05, 3.63) is 51.8 Å². The van der Waals surface area contributed by atoms with Gasteiger partial charge in [0.25, 0.3) is 0 Å². The van der Waals surface area contributed by atoms with E-state index in [2.05, 4.69) is 54.4 Å². The number of nitrogens with one attached hydrogen (secondary N) is 1. The van der Waals surface area contributed by atoms with E-state index in [1.54, 1.807) is 11.1 Å². The number of likely N-dealkylation sites (tertiary alicyclic amines) is 1. The molecule has 0 amide bonds. The molecule has 4 nitrogen and oxygen atoms in total. The number of fused-ring (bicyclic) bond motifs is 2. The molecule has 1 aromatic heterocycles. The minimum absolute atomic E-state index is 0.614. The molecule has 0 bridgehead atoms. The Morgan fingerprint density at radius 1 is 0.879 bits per heavy atom. The molecule has 0 unspecified atom stereocenters. The summed E-state index contributed by atoms with van der Waals surface area (Å²) >= 11 is 0. The molecule has 1 N–H and O–H groups in total. The molecule has 0 saturated carbocycles. The Kier molecular flexibility index (Phi) is 13.0. The molecular weight excluding hydrogens is 404 g/mol. The van der Waals surface area contributed by atoms with Crippen LogP contribution in [-0.4, -0.2) is 41.4 Å². The molecular formula is C29H52N4. The monoisotopic (exact) mass is 456 g/mol. The Morgan fingerprint density at radius 2 is 1.48 bits per heavy atom. The largest absolute Gasteiger partial charge is 0.312 e. The minimum Gasteiger partial charge on any atom is -0.312 e. The molecule has 2 aromatic rings. The Labute approximate surface area is 205 Å². The third-order valence-electron chi connectivity index (χ3n) is 6.86. The van der Waals surface area contributed by atoms with E-state index >= 15 is 0 Å². The molecule has 2 aliphatic heterocycles. The van der Waals surface area contributed by atoms with Crippen molar-refractivity contribution in [3.63, 3.8) is 0 Å². The summed E-state index contributed by atoms with van der Waals surface area (Å²) in [6, 6.07) is 7.03. The molecule has 1 aromatic carbocycles. The van der Waals surface area contributed by atoms with Crippen LogP contribution in [0.15, 0.2) is 18.2 Å². The van der Waals surface area contributed by atoms with Crippen LogP contribution in [0.4, 0.5) is 0 Å². The van der Waals surface area contributed by atoms with Crippen molar-refractivity contribution in [2.75, 3.05) is 26.7 Å². The maximum absolute atomic E-state index is 4.37. The lowest BCUT2D eigenvalue weighted by Gasteiger charge is -2.37. The van der Waals surface area contributed by atoms with Gasteiger partial charge < -0.3 is 10.2 Å². The predicted octanol–water partition coefficient (Wildman–Crippen LogP) is 6.26. The Bertz CT molecular complexity index is 787. The van der Waals surface area contributed by atoms with Crippen LogP contribution in [0.2, 0.25) is 0 Å². The van der Waals surface area contributed by atoms with Crippen molar-refractivity contribution in [1.29, 1.82) is 0 Å². The first kappa shape index (κ1) is 29.4. The molecule has 188 valence electrons. The molecule has 4 heteroatoms. The van der Waals surface area contributed by atoms with Gasteiger partial charge in [-0.15, -0.1) is 0 Å². The van der Waals surface area contributed by atoms with Gasteiger partial charge in [0.15, 0.2) is 0 Å². The molecule has 3 heterocycles. The summed E-state index contributed by atoms with van der Waals surface area (Å²) in [6.07, 6.45) is 6.55. The Balaban J connectivity index is 0.000000281. The number of nitrogens with zero attached hydrogens (tertiary/aromatic N) is 3. The third-order valence-corrected chi connectivity index (χ3v) is 6.86. The highest BCUT2D eigenvalue weighted by molar-refractivity contribution is 5.37. The van der Waals surface area contributed by atoms with E-state index in [1.807, 2.05) is 53.3 Å². The Hall–Kier alpha value is -1.65. The summed E-state index contributed by atoms with van der Waals surface area (Å²) in [5.74, 6) is 0. The highest BCUT2D eigenvalue weighted by atomic mass is 15.3. The van der Waals surface area contributed by atoms with Crippen molar-refractivity contribution in [1.82, 2.24) is 20.0 Å². The van der Waals surface area contributed by atoms with Crippen LogP contribution in [-0.2, 0) is 32.9 Å². The molecule has 1 saturated heterocycles. The number of benzene rings is 1.